The monoisotopic (exact) mass is 294 g/mol. The number of fused-ring (bicyclic) bond motifs is 2. The highest BCUT2D eigenvalue weighted by molar-refractivity contribution is 7.16. The third-order valence-corrected chi connectivity index (χ3v) is 4.84. The number of benzene rings is 1. The molecular weight excluding hydrogens is 280 g/mol. The summed E-state index contributed by atoms with van der Waals surface area (Å²) in [4.78, 5) is 17.3. The fraction of sp³-hybridized carbons (Fsp3) is 0.118. The van der Waals surface area contributed by atoms with Crippen molar-refractivity contribution in [1.29, 1.82) is 0 Å². The van der Waals surface area contributed by atoms with Crippen LogP contribution in [0.2, 0.25) is 0 Å². The van der Waals surface area contributed by atoms with E-state index in [4.69, 9.17) is 0 Å². The molecule has 0 saturated carbocycles. The number of aromatic amines is 1. The van der Waals surface area contributed by atoms with Crippen molar-refractivity contribution in [1.82, 2.24) is 9.55 Å². The van der Waals surface area contributed by atoms with Gasteiger partial charge in [0.25, 0.3) is 0 Å². The van der Waals surface area contributed by atoms with E-state index in [9.17, 15) is 4.79 Å². The van der Waals surface area contributed by atoms with Gasteiger partial charge >= 0.3 is 0 Å². The van der Waals surface area contributed by atoms with Crippen LogP contribution in [-0.4, -0.2) is 15.3 Å². The third kappa shape index (κ3) is 1.76. The molecule has 0 fully saturated rings. The molecule has 0 aliphatic rings. The van der Waals surface area contributed by atoms with Crippen LogP contribution in [0, 0.1) is 0 Å². The van der Waals surface area contributed by atoms with Crippen LogP contribution in [0.5, 0.6) is 0 Å². The summed E-state index contributed by atoms with van der Waals surface area (Å²) in [7, 11) is 0. The maximum Gasteiger partial charge on any atom is 0.211 e. The summed E-state index contributed by atoms with van der Waals surface area (Å²) in [6.07, 6.45) is 1.81. The minimum atomic E-state index is 0.0812. The molecule has 104 valence electrons. The van der Waals surface area contributed by atoms with Crippen LogP contribution >= 0.6 is 11.3 Å². The van der Waals surface area contributed by atoms with E-state index in [1.54, 1.807) is 11.3 Å². The Hall–Kier alpha value is -2.33. The van der Waals surface area contributed by atoms with Crippen LogP contribution in [0.1, 0.15) is 23.0 Å². The van der Waals surface area contributed by atoms with Crippen LogP contribution in [0.15, 0.2) is 48.0 Å². The highest BCUT2D eigenvalue weighted by atomic mass is 32.1. The zero-order valence-corrected chi connectivity index (χ0v) is 12.4. The molecule has 0 spiro atoms. The van der Waals surface area contributed by atoms with Gasteiger partial charge in [-0.25, -0.2) is 0 Å². The molecule has 3 nitrogen and oxygen atoms in total. The lowest BCUT2D eigenvalue weighted by molar-refractivity contribution is 0.103. The number of carbonyl (C=O) groups excluding carboxylic acids is 1. The van der Waals surface area contributed by atoms with Crippen LogP contribution in [0.4, 0.5) is 0 Å². The van der Waals surface area contributed by atoms with Crippen molar-refractivity contribution in [2.45, 2.75) is 13.5 Å². The molecule has 3 aromatic heterocycles. The van der Waals surface area contributed by atoms with Gasteiger partial charge < -0.3 is 9.55 Å². The Bertz CT molecular complexity index is 958. The average molecular weight is 294 g/mol. The number of aryl methyl sites for hydroxylation is 1. The molecule has 0 bridgehead atoms. The number of ketones is 1. The Kier molecular flexibility index (Phi) is 2.72. The van der Waals surface area contributed by atoms with Gasteiger partial charge in [-0.2, -0.15) is 0 Å². The molecule has 0 atom stereocenters. The Labute approximate surface area is 125 Å². The molecule has 1 N–H and O–H groups in total. The number of hydrogen-bond donors (Lipinski definition) is 1. The minimum Gasteiger partial charge on any atom is -0.360 e. The van der Waals surface area contributed by atoms with E-state index in [1.165, 1.54) is 4.83 Å². The van der Waals surface area contributed by atoms with Crippen molar-refractivity contribution in [3.05, 3.63) is 59.2 Å². The number of nitrogens with one attached hydrogen (secondary N) is 1. The van der Waals surface area contributed by atoms with Gasteiger partial charge in [-0.3, -0.25) is 4.79 Å². The van der Waals surface area contributed by atoms with E-state index in [1.807, 2.05) is 36.5 Å². The second-order valence-corrected chi connectivity index (χ2v) is 5.93. The number of rotatable bonds is 3. The van der Waals surface area contributed by atoms with Gasteiger partial charge in [-0.1, -0.05) is 18.2 Å². The SMILES string of the molecule is CCn1c(C(=O)c2c[nH]c3ccccc23)cc2ccsc21. The molecule has 0 saturated heterocycles. The Balaban J connectivity index is 1.91. The standard InChI is InChI=1S/C17H14N2OS/c1-2-19-15(9-11-7-8-21-17(11)19)16(20)13-10-18-14-6-4-3-5-12(13)14/h3-10,18H,2H2,1H3. The first-order valence-corrected chi connectivity index (χ1v) is 7.85. The van der Waals surface area contributed by atoms with Crippen molar-refractivity contribution in [2.24, 2.45) is 0 Å². The van der Waals surface area contributed by atoms with Crippen LogP contribution < -0.4 is 0 Å². The molecule has 4 aromatic rings. The lowest BCUT2D eigenvalue weighted by Gasteiger charge is -2.05. The first kappa shape index (κ1) is 12.4. The van der Waals surface area contributed by atoms with E-state index in [0.717, 1.165) is 34.1 Å². The number of para-hydroxylation sites is 1. The Morgan fingerprint density at radius 2 is 2.14 bits per heavy atom. The second kappa shape index (κ2) is 4.60. The molecule has 4 heteroatoms. The van der Waals surface area contributed by atoms with Gasteiger partial charge in [0.2, 0.25) is 5.78 Å². The van der Waals surface area contributed by atoms with Gasteiger partial charge in [-0.15, -0.1) is 11.3 Å². The quantitative estimate of drug-likeness (QED) is 0.557. The van der Waals surface area contributed by atoms with Crippen molar-refractivity contribution in [3.63, 3.8) is 0 Å². The van der Waals surface area contributed by atoms with Gasteiger partial charge in [0, 0.05) is 34.6 Å². The summed E-state index contributed by atoms with van der Waals surface area (Å²) >= 11 is 1.68. The van der Waals surface area contributed by atoms with E-state index in [-0.39, 0.29) is 5.78 Å². The number of carbonyl (C=O) groups is 1. The normalized spacial score (nSPS) is 11.5. The molecule has 0 aliphatic heterocycles. The summed E-state index contributed by atoms with van der Waals surface area (Å²) in [5, 5.41) is 4.19. The van der Waals surface area contributed by atoms with Crippen molar-refractivity contribution < 1.29 is 4.79 Å². The number of aromatic nitrogens is 2. The largest absolute Gasteiger partial charge is 0.360 e. The summed E-state index contributed by atoms with van der Waals surface area (Å²) in [6, 6.07) is 12.0. The van der Waals surface area contributed by atoms with E-state index in [2.05, 4.69) is 27.9 Å². The fourth-order valence-corrected chi connectivity index (χ4v) is 3.84. The molecule has 0 aliphatic carbocycles. The van der Waals surface area contributed by atoms with Crippen LogP contribution in [0.3, 0.4) is 0 Å². The first-order chi connectivity index (χ1) is 10.3. The van der Waals surface area contributed by atoms with Crippen molar-refractivity contribution in [3.8, 4) is 0 Å². The average Bonchev–Trinajstić information content (AvgIpc) is 3.19. The summed E-state index contributed by atoms with van der Waals surface area (Å²) in [5.74, 6) is 0.0812. The molecule has 0 amide bonds. The van der Waals surface area contributed by atoms with Crippen LogP contribution in [0.25, 0.3) is 21.1 Å². The predicted octanol–water partition coefficient (Wildman–Crippen LogP) is 4.44. The topological polar surface area (TPSA) is 37.8 Å². The number of hydrogen-bond acceptors (Lipinski definition) is 2. The fourth-order valence-electron chi connectivity index (χ4n) is 2.87. The molecule has 4 rings (SSSR count). The molecular formula is C17H14N2OS. The maximum absolute atomic E-state index is 12.9. The highest BCUT2D eigenvalue weighted by Gasteiger charge is 2.19. The number of H-pyrrole nitrogens is 1. The van der Waals surface area contributed by atoms with Gasteiger partial charge in [0.05, 0.1) is 5.69 Å². The molecule has 1 aromatic carbocycles. The number of nitrogens with zero attached hydrogens (tertiary/aromatic N) is 1. The molecule has 0 radical (unpaired) electrons. The summed E-state index contributed by atoms with van der Waals surface area (Å²) in [5.41, 5.74) is 2.51. The highest BCUT2D eigenvalue weighted by Crippen LogP contribution is 2.28. The molecule has 21 heavy (non-hydrogen) atoms. The Morgan fingerprint density at radius 3 is 3.00 bits per heavy atom. The Morgan fingerprint density at radius 1 is 1.29 bits per heavy atom. The zero-order valence-electron chi connectivity index (χ0n) is 11.6. The lowest BCUT2D eigenvalue weighted by atomic mass is 10.1. The predicted molar refractivity (Wildman–Crippen MR) is 87.2 cm³/mol. The van der Waals surface area contributed by atoms with Crippen molar-refractivity contribution in [2.75, 3.05) is 0 Å². The van der Waals surface area contributed by atoms with Gasteiger partial charge in [0.1, 0.15) is 4.83 Å². The smallest absolute Gasteiger partial charge is 0.211 e. The number of thiophene rings is 1. The summed E-state index contributed by atoms with van der Waals surface area (Å²) in [6.45, 7) is 2.87. The third-order valence-electron chi connectivity index (χ3n) is 3.89. The van der Waals surface area contributed by atoms with E-state index < -0.39 is 0 Å². The van der Waals surface area contributed by atoms with E-state index >= 15 is 0 Å². The van der Waals surface area contributed by atoms with Gasteiger partial charge in [-0.05, 0) is 30.5 Å². The maximum atomic E-state index is 12.9. The first-order valence-electron chi connectivity index (χ1n) is 6.97. The zero-order chi connectivity index (χ0) is 14.4. The second-order valence-electron chi connectivity index (χ2n) is 5.03. The minimum absolute atomic E-state index is 0.0812. The van der Waals surface area contributed by atoms with Crippen LogP contribution in [-0.2, 0) is 6.54 Å². The molecule has 3 heterocycles. The van der Waals surface area contributed by atoms with E-state index in [0.29, 0.717) is 0 Å². The van der Waals surface area contributed by atoms with Crippen molar-refractivity contribution >= 4 is 38.2 Å². The molecule has 0 unspecified atom stereocenters. The van der Waals surface area contributed by atoms with Gasteiger partial charge in [0.15, 0.2) is 0 Å². The summed E-state index contributed by atoms with van der Waals surface area (Å²) < 4.78 is 2.10. The lowest BCUT2D eigenvalue weighted by Crippen LogP contribution is -2.08.